The van der Waals surface area contributed by atoms with Crippen LogP contribution in [0.5, 0.6) is 0 Å². The third-order valence-corrected chi connectivity index (χ3v) is 3.02. The maximum absolute atomic E-state index is 12.0. The number of aromatic amines is 1. The SMILES string of the molecule is COC(=O)c1c(-c2ccccn2)[nH]c2ccccc12. The molecular formula is C15H12N2O2. The second-order valence-electron chi connectivity index (χ2n) is 4.13. The van der Waals surface area contributed by atoms with Gasteiger partial charge in [0, 0.05) is 17.1 Å². The fraction of sp³-hybridized carbons (Fsp3) is 0.0667. The minimum absolute atomic E-state index is 0.363. The van der Waals surface area contributed by atoms with Gasteiger partial charge in [-0.15, -0.1) is 0 Å². The Labute approximate surface area is 110 Å². The number of fused-ring (bicyclic) bond motifs is 1. The number of pyridine rings is 1. The van der Waals surface area contributed by atoms with Crippen molar-refractivity contribution in [3.8, 4) is 11.4 Å². The molecule has 0 spiro atoms. The molecule has 0 aliphatic heterocycles. The fourth-order valence-electron chi connectivity index (χ4n) is 2.16. The predicted molar refractivity (Wildman–Crippen MR) is 72.9 cm³/mol. The van der Waals surface area contributed by atoms with E-state index in [0.717, 1.165) is 16.6 Å². The lowest BCUT2D eigenvalue weighted by atomic mass is 10.1. The van der Waals surface area contributed by atoms with Crippen molar-refractivity contribution in [2.75, 3.05) is 7.11 Å². The lowest BCUT2D eigenvalue weighted by molar-refractivity contribution is 0.0604. The third-order valence-electron chi connectivity index (χ3n) is 3.02. The first-order valence-electron chi connectivity index (χ1n) is 5.91. The van der Waals surface area contributed by atoms with Gasteiger partial charge in [0.25, 0.3) is 0 Å². The van der Waals surface area contributed by atoms with Gasteiger partial charge in [0.1, 0.15) is 0 Å². The van der Waals surface area contributed by atoms with E-state index in [2.05, 4.69) is 9.97 Å². The number of ether oxygens (including phenoxy) is 1. The third kappa shape index (κ3) is 1.87. The van der Waals surface area contributed by atoms with Crippen LogP contribution in [0.3, 0.4) is 0 Å². The van der Waals surface area contributed by atoms with Crippen LogP contribution in [0.1, 0.15) is 10.4 Å². The first kappa shape index (κ1) is 11.5. The average molecular weight is 252 g/mol. The van der Waals surface area contributed by atoms with E-state index in [-0.39, 0.29) is 5.97 Å². The molecule has 1 N–H and O–H groups in total. The van der Waals surface area contributed by atoms with Gasteiger partial charge in [-0.05, 0) is 18.2 Å². The molecular weight excluding hydrogens is 240 g/mol. The number of nitrogens with one attached hydrogen (secondary N) is 1. The Morgan fingerprint density at radius 3 is 2.68 bits per heavy atom. The number of aromatic nitrogens is 2. The summed E-state index contributed by atoms with van der Waals surface area (Å²) in [5, 5.41) is 0.843. The van der Waals surface area contributed by atoms with Crippen molar-refractivity contribution in [2.24, 2.45) is 0 Å². The summed E-state index contributed by atoms with van der Waals surface area (Å²) in [5.41, 5.74) is 2.83. The highest BCUT2D eigenvalue weighted by Crippen LogP contribution is 2.29. The van der Waals surface area contributed by atoms with Crippen LogP contribution in [-0.2, 0) is 4.74 Å². The Morgan fingerprint density at radius 2 is 1.95 bits per heavy atom. The van der Waals surface area contributed by atoms with Crippen molar-refractivity contribution in [2.45, 2.75) is 0 Å². The lowest BCUT2D eigenvalue weighted by Gasteiger charge is -2.02. The van der Waals surface area contributed by atoms with Crippen molar-refractivity contribution in [1.29, 1.82) is 0 Å². The molecule has 3 rings (SSSR count). The van der Waals surface area contributed by atoms with Crippen molar-refractivity contribution in [3.63, 3.8) is 0 Å². The maximum Gasteiger partial charge on any atom is 0.340 e. The van der Waals surface area contributed by atoms with Gasteiger partial charge >= 0.3 is 5.97 Å². The highest BCUT2D eigenvalue weighted by Gasteiger charge is 2.20. The van der Waals surface area contributed by atoms with E-state index in [4.69, 9.17) is 4.74 Å². The zero-order valence-corrected chi connectivity index (χ0v) is 10.4. The molecule has 2 aromatic heterocycles. The number of para-hydroxylation sites is 1. The second kappa shape index (κ2) is 4.57. The molecule has 0 atom stereocenters. The van der Waals surface area contributed by atoms with Gasteiger partial charge in [0.15, 0.2) is 0 Å². The quantitative estimate of drug-likeness (QED) is 0.713. The van der Waals surface area contributed by atoms with Gasteiger partial charge in [0.2, 0.25) is 0 Å². The highest BCUT2D eigenvalue weighted by molar-refractivity contribution is 6.09. The zero-order valence-electron chi connectivity index (χ0n) is 10.4. The lowest BCUT2D eigenvalue weighted by Crippen LogP contribution is -2.02. The summed E-state index contributed by atoms with van der Waals surface area (Å²) < 4.78 is 4.88. The van der Waals surface area contributed by atoms with E-state index in [1.807, 2.05) is 42.5 Å². The van der Waals surface area contributed by atoms with Crippen LogP contribution in [-0.4, -0.2) is 23.0 Å². The Balaban J connectivity index is 2.32. The molecule has 0 unspecified atom stereocenters. The number of esters is 1. The minimum atomic E-state index is -0.363. The standard InChI is InChI=1S/C15H12N2O2/c1-19-15(18)13-10-6-2-3-7-11(10)17-14(13)12-8-4-5-9-16-12/h2-9,17H,1H3. The van der Waals surface area contributed by atoms with Crippen LogP contribution in [0.4, 0.5) is 0 Å². The monoisotopic (exact) mass is 252 g/mol. The molecule has 0 radical (unpaired) electrons. The number of hydrogen-bond donors (Lipinski definition) is 1. The smallest absolute Gasteiger partial charge is 0.340 e. The van der Waals surface area contributed by atoms with Crippen LogP contribution in [0.2, 0.25) is 0 Å². The largest absolute Gasteiger partial charge is 0.465 e. The zero-order chi connectivity index (χ0) is 13.2. The maximum atomic E-state index is 12.0. The predicted octanol–water partition coefficient (Wildman–Crippen LogP) is 3.02. The molecule has 0 bridgehead atoms. The van der Waals surface area contributed by atoms with Crippen LogP contribution in [0.25, 0.3) is 22.3 Å². The topological polar surface area (TPSA) is 55.0 Å². The van der Waals surface area contributed by atoms with E-state index >= 15 is 0 Å². The van der Waals surface area contributed by atoms with Crippen molar-refractivity contribution in [3.05, 3.63) is 54.2 Å². The van der Waals surface area contributed by atoms with Gasteiger partial charge in [-0.2, -0.15) is 0 Å². The first-order chi connectivity index (χ1) is 9.31. The summed E-state index contributed by atoms with van der Waals surface area (Å²) in [4.78, 5) is 19.5. The Kier molecular flexibility index (Phi) is 2.76. The fourth-order valence-corrected chi connectivity index (χ4v) is 2.16. The molecule has 0 fully saturated rings. The Bertz CT molecular complexity index is 732. The van der Waals surface area contributed by atoms with Crippen LogP contribution < -0.4 is 0 Å². The minimum Gasteiger partial charge on any atom is -0.465 e. The van der Waals surface area contributed by atoms with Crippen molar-refractivity contribution < 1.29 is 9.53 Å². The van der Waals surface area contributed by atoms with E-state index < -0.39 is 0 Å². The molecule has 94 valence electrons. The number of hydrogen-bond acceptors (Lipinski definition) is 3. The van der Waals surface area contributed by atoms with E-state index in [1.54, 1.807) is 6.20 Å². The number of methoxy groups -OCH3 is 1. The average Bonchev–Trinajstić information content (AvgIpc) is 2.87. The normalized spacial score (nSPS) is 10.6. The molecule has 0 aliphatic carbocycles. The molecule has 4 nitrogen and oxygen atoms in total. The van der Waals surface area contributed by atoms with Gasteiger partial charge < -0.3 is 9.72 Å². The van der Waals surface area contributed by atoms with Crippen molar-refractivity contribution >= 4 is 16.9 Å². The summed E-state index contributed by atoms with van der Waals surface area (Å²) in [6.45, 7) is 0. The summed E-state index contributed by atoms with van der Waals surface area (Å²) in [6, 6.07) is 13.2. The number of rotatable bonds is 2. The highest BCUT2D eigenvalue weighted by atomic mass is 16.5. The number of carbonyl (C=O) groups is 1. The van der Waals surface area contributed by atoms with Gasteiger partial charge in [-0.1, -0.05) is 24.3 Å². The van der Waals surface area contributed by atoms with Gasteiger partial charge in [0.05, 0.1) is 24.1 Å². The summed E-state index contributed by atoms with van der Waals surface area (Å²) >= 11 is 0. The van der Waals surface area contributed by atoms with Crippen LogP contribution >= 0.6 is 0 Å². The molecule has 2 heterocycles. The number of nitrogens with zero attached hydrogens (tertiary/aromatic N) is 1. The van der Waals surface area contributed by atoms with E-state index in [9.17, 15) is 4.79 Å². The molecule has 19 heavy (non-hydrogen) atoms. The molecule has 4 heteroatoms. The molecule has 0 amide bonds. The van der Waals surface area contributed by atoms with E-state index in [1.165, 1.54) is 7.11 Å². The number of H-pyrrole nitrogens is 1. The molecule has 0 aliphatic rings. The van der Waals surface area contributed by atoms with E-state index in [0.29, 0.717) is 11.3 Å². The number of carbonyl (C=O) groups excluding carboxylic acids is 1. The molecule has 3 aromatic rings. The summed E-state index contributed by atoms with van der Waals surface area (Å²) in [7, 11) is 1.38. The molecule has 1 aromatic carbocycles. The summed E-state index contributed by atoms with van der Waals surface area (Å²) in [5.74, 6) is -0.363. The van der Waals surface area contributed by atoms with Crippen LogP contribution in [0, 0.1) is 0 Å². The van der Waals surface area contributed by atoms with Gasteiger partial charge in [-0.25, -0.2) is 4.79 Å². The Hall–Kier alpha value is -2.62. The van der Waals surface area contributed by atoms with Crippen molar-refractivity contribution in [1.82, 2.24) is 9.97 Å². The first-order valence-corrected chi connectivity index (χ1v) is 5.91. The van der Waals surface area contributed by atoms with Crippen LogP contribution in [0.15, 0.2) is 48.7 Å². The summed E-state index contributed by atoms with van der Waals surface area (Å²) in [6.07, 6.45) is 1.70. The van der Waals surface area contributed by atoms with Gasteiger partial charge in [-0.3, -0.25) is 4.98 Å². The second-order valence-corrected chi connectivity index (χ2v) is 4.13. The number of benzene rings is 1. The molecule has 0 saturated heterocycles. The Morgan fingerprint density at radius 1 is 1.16 bits per heavy atom. The molecule has 0 saturated carbocycles.